The predicted molar refractivity (Wildman–Crippen MR) is 125 cm³/mol. The Morgan fingerprint density at radius 2 is 2.12 bits per heavy atom. The molecule has 1 atom stereocenters. The van der Waals surface area contributed by atoms with Gasteiger partial charge in [-0.05, 0) is 42.9 Å². The van der Waals surface area contributed by atoms with Crippen LogP contribution in [0.15, 0.2) is 36.1 Å². The van der Waals surface area contributed by atoms with Gasteiger partial charge in [0, 0.05) is 51.5 Å². The van der Waals surface area contributed by atoms with Crippen LogP contribution < -0.4 is 5.32 Å². The molecular weight excluding hydrogens is 420 g/mol. The van der Waals surface area contributed by atoms with Crippen LogP contribution in [-0.2, 0) is 20.8 Å². The number of hydrogen-bond donors (Lipinski definition) is 2. The molecule has 1 amide bonds. The Bertz CT molecular complexity index is 1070. The second-order valence-corrected chi connectivity index (χ2v) is 9.20. The summed E-state index contributed by atoms with van der Waals surface area (Å²) in [6.07, 6.45) is 11.3. The third-order valence-corrected chi connectivity index (χ3v) is 6.65. The van der Waals surface area contributed by atoms with Crippen molar-refractivity contribution in [2.75, 3.05) is 45.7 Å². The Kier molecular flexibility index (Phi) is 6.32. The van der Waals surface area contributed by atoms with E-state index in [1.807, 2.05) is 25.4 Å². The van der Waals surface area contributed by atoms with Gasteiger partial charge in [0.25, 0.3) is 0 Å². The fourth-order valence-electron chi connectivity index (χ4n) is 4.57. The monoisotopic (exact) mass is 452 g/mol. The largest absolute Gasteiger partial charge is 0.498 e. The first-order chi connectivity index (χ1) is 16.1. The van der Waals surface area contributed by atoms with Gasteiger partial charge in [-0.3, -0.25) is 9.69 Å². The highest BCUT2D eigenvalue weighted by Gasteiger charge is 2.27. The van der Waals surface area contributed by atoms with E-state index in [0.717, 1.165) is 54.5 Å². The number of fused-ring (bicyclic) bond motifs is 2. The number of hydrogen-bond acceptors (Lipinski definition) is 7. The summed E-state index contributed by atoms with van der Waals surface area (Å²) >= 11 is 0. The zero-order valence-electron chi connectivity index (χ0n) is 19.3. The summed E-state index contributed by atoms with van der Waals surface area (Å²) in [5.41, 5.74) is 2.97. The van der Waals surface area contributed by atoms with Crippen LogP contribution in [0.3, 0.4) is 0 Å². The highest BCUT2D eigenvalue weighted by molar-refractivity contribution is 5.91. The van der Waals surface area contributed by atoms with Crippen molar-refractivity contribution in [2.24, 2.45) is 5.92 Å². The molecule has 2 aliphatic carbocycles. The fourth-order valence-corrected chi connectivity index (χ4v) is 4.57. The van der Waals surface area contributed by atoms with Gasteiger partial charge in [0.15, 0.2) is 0 Å². The number of methoxy groups -OCH3 is 1. The molecule has 3 aliphatic rings. The van der Waals surface area contributed by atoms with Gasteiger partial charge in [0.1, 0.15) is 36.3 Å². The van der Waals surface area contributed by atoms with E-state index < -0.39 is 0 Å². The molecule has 3 heterocycles. The average molecular weight is 453 g/mol. The standard InChI is InChI=1S/C24H32N6O3/c1-29-8-3-9-30(12-16-4-5-16)13-17-11-25-23-22(17)24(27-15-26-23)28-18-6-7-19(32-2)20(10-18)33-14-21(29)31/h6-7,11,15-16,20H,3-5,8-10,12-14H2,1-2H3,(H2,25,26,27,28). The van der Waals surface area contributed by atoms with E-state index in [2.05, 4.69) is 25.2 Å². The normalized spacial score (nSPS) is 23.2. The molecule has 2 aromatic rings. The van der Waals surface area contributed by atoms with E-state index in [1.54, 1.807) is 18.3 Å². The maximum Gasteiger partial charge on any atom is 0.248 e. The number of rotatable bonds is 3. The minimum Gasteiger partial charge on any atom is -0.498 e. The lowest BCUT2D eigenvalue weighted by molar-refractivity contribution is -0.136. The zero-order chi connectivity index (χ0) is 22.8. The van der Waals surface area contributed by atoms with Gasteiger partial charge in [-0.1, -0.05) is 0 Å². The van der Waals surface area contributed by atoms with E-state index in [0.29, 0.717) is 18.7 Å². The van der Waals surface area contributed by atoms with Crippen molar-refractivity contribution >= 4 is 22.8 Å². The van der Waals surface area contributed by atoms with Gasteiger partial charge >= 0.3 is 0 Å². The van der Waals surface area contributed by atoms with E-state index in [1.165, 1.54) is 18.4 Å². The van der Waals surface area contributed by atoms with Crippen LogP contribution in [0, 0.1) is 5.92 Å². The van der Waals surface area contributed by atoms with Gasteiger partial charge < -0.3 is 24.7 Å². The molecule has 0 spiro atoms. The molecule has 1 saturated carbocycles. The quantitative estimate of drug-likeness (QED) is 0.739. The number of aromatic nitrogens is 3. The van der Waals surface area contributed by atoms with Crippen molar-refractivity contribution in [3.63, 3.8) is 0 Å². The Balaban J connectivity index is 1.48. The van der Waals surface area contributed by atoms with Crippen molar-refractivity contribution in [1.29, 1.82) is 0 Å². The summed E-state index contributed by atoms with van der Waals surface area (Å²) in [7, 11) is 3.48. The van der Waals surface area contributed by atoms with Crippen LogP contribution in [-0.4, -0.2) is 77.2 Å². The number of carbonyl (C=O) groups excluding carboxylic acids is 1. The molecule has 5 rings (SSSR count). The third kappa shape index (κ3) is 5.04. The van der Waals surface area contributed by atoms with Gasteiger partial charge in [0.05, 0.1) is 12.5 Å². The van der Waals surface area contributed by atoms with E-state index in [9.17, 15) is 4.79 Å². The maximum atomic E-state index is 12.7. The van der Waals surface area contributed by atoms with E-state index >= 15 is 0 Å². The van der Waals surface area contributed by atoms with Crippen molar-refractivity contribution in [3.8, 4) is 0 Å². The SMILES string of the molecule is COC1=CC=C2CC1OCC(=O)N(C)CCCN(CC1CC1)Cc1c[nH]c3ncnc(c13)N2. The molecule has 2 bridgehead atoms. The third-order valence-electron chi connectivity index (χ3n) is 6.65. The summed E-state index contributed by atoms with van der Waals surface area (Å²) in [6.45, 7) is 3.58. The molecule has 1 unspecified atom stereocenters. The van der Waals surface area contributed by atoms with Crippen LogP contribution in [0.1, 0.15) is 31.2 Å². The topological polar surface area (TPSA) is 95.6 Å². The number of aromatic amines is 1. The molecule has 0 aromatic carbocycles. The Morgan fingerprint density at radius 1 is 1.24 bits per heavy atom. The predicted octanol–water partition coefficient (Wildman–Crippen LogP) is 2.65. The number of H-pyrrole nitrogens is 1. The molecule has 9 nitrogen and oxygen atoms in total. The van der Waals surface area contributed by atoms with Crippen LogP contribution in [0.25, 0.3) is 11.0 Å². The number of likely N-dealkylation sites (N-methyl/N-ethyl adjacent to an activating group) is 1. The Hall–Kier alpha value is -2.91. The van der Waals surface area contributed by atoms with Gasteiger partial charge in [-0.15, -0.1) is 0 Å². The van der Waals surface area contributed by atoms with Crippen LogP contribution in [0.4, 0.5) is 5.82 Å². The lowest BCUT2D eigenvalue weighted by atomic mass is 10.1. The van der Waals surface area contributed by atoms with Crippen LogP contribution in [0.5, 0.6) is 0 Å². The summed E-state index contributed by atoms with van der Waals surface area (Å²) < 4.78 is 11.5. The van der Waals surface area contributed by atoms with Crippen molar-refractivity contribution < 1.29 is 14.3 Å². The van der Waals surface area contributed by atoms with Crippen molar-refractivity contribution in [2.45, 2.75) is 38.3 Å². The van der Waals surface area contributed by atoms with Crippen LogP contribution >= 0.6 is 0 Å². The first kappa shape index (κ1) is 21.9. The number of amides is 1. The molecule has 2 N–H and O–H groups in total. The fraction of sp³-hybridized carbons (Fsp3) is 0.542. The smallest absolute Gasteiger partial charge is 0.248 e. The molecule has 176 valence electrons. The maximum absolute atomic E-state index is 12.7. The molecule has 1 aliphatic heterocycles. The van der Waals surface area contributed by atoms with Gasteiger partial charge in [0.2, 0.25) is 5.91 Å². The van der Waals surface area contributed by atoms with E-state index in [4.69, 9.17) is 9.47 Å². The number of ether oxygens (including phenoxy) is 2. The zero-order valence-corrected chi connectivity index (χ0v) is 19.3. The van der Waals surface area contributed by atoms with Crippen molar-refractivity contribution in [3.05, 3.63) is 41.7 Å². The second kappa shape index (κ2) is 9.52. The van der Waals surface area contributed by atoms with Gasteiger partial charge in [-0.2, -0.15) is 0 Å². The number of nitrogens with one attached hydrogen (secondary N) is 2. The van der Waals surface area contributed by atoms with Crippen LogP contribution in [0.2, 0.25) is 0 Å². The highest BCUT2D eigenvalue weighted by Crippen LogP contribution is 2.32. The first-order valence-corrected chi connectivity index (χ1v) is 11.7. The molecule has 2 aromatic heterocycles. The highest BCUT2D eigenvalue weighted by atomic mass is 16.5. The van der Waals surface area contributed by atoms with Gasteiger partial charge in [-0.25, -0.2) is 9.97 Å². The molecule has 1 fully saturated rings. The summed E-state index contributed by atoms with van der Waals surface area (Å²) in [4.78, 5) is 29.3. The summed E-state index contributed by atoms with van der Waals surface area (Å²) in [5, 5.41) is 4.52. The average Bonchev–Trinajstić information content (AvgIpc) is 3.54. The molecule has 0 radical (unpaired) electrons. The molecule has 0 saturated heterocycles. The number of anilines is 1. The lowest BCUT2D eigenvalue weighted by Gasteiger charge is -2.27. The number of carbonyl (C=O) groups is 1. The van der Waals surface area contributed by atoms with E-state index in [-0.39, 0.29) is 18.6 Å². The molecular formula is C24H32N6O3. The minimum absolute atomic E-state index is 0.0132. The Labute approximate surface area is 193 Å². The first-order valence-electron chi connectivity index (χ1n) is 11.7. The summed E-state index contributed by atoms with van der Waals surface area (Å²) in [6, 6.07) is 0. The summed E-state index contributed by atoms with van der Waals surface area (Å²) in [5.74, 6) is 2.27. The molecule has 33 heavy (non-hydrogen) atoms. The number of nitrogens with zero attached hydrogens (tertiary/aromatic N) is 4. The molecule has 9 heteroatoms. The Morgan fingerprint density at radius 3 is 2.94 bits per heavy atom. The second-order valence-electron chi connectivity index (χ2n) is 9.20. The van der Waals surface area contributed by atoms with Crippen molar-refractivity contribution in [1.82, 2.24) is 24.8 Å². The number of allylic oxidation sites excluding steroid dienone is 2. The minimum atomic E-state index is -0.329. The lowest BCUT2D eigenvalue weighted by Crippen LogP contribution is -2.36.